The van der Waals surface area contributed by atoms with E-state index in [1.807, 2.05) is 79.0 Å². The fourth-order valence-electron chi connectivity index (χ4n) is 3.39. The minimum atomic E-state index is -0.803. The molecule has 0 bridgehead atoms. The number of benzene rings is 3. The van der Waals surface area contributed by atoms with E-state index in [1.165, 1.54) is 0 Å². The van der Waals surface area contributed by atoms with Gasteiger partial charge in [0.05, 0.1) is 0 Å². The fourth-order valence-corrected chi connectivity index (χ4v) is 3.39. The zero-order valence-electron chi connectivity index (χ0n) is 16.9. The van der Waals surface area contributed by atoms with Crippen molar-refractivity contribution in [2.24, 2.45) is 0 Å². The number of amides is 2. The number of hydrogen-bond acceptors (Lipinski definition) is 3. The van der Waals surface area contributed by atoms with Gasteiger partial charge < -0.3 is 20.4 Å². The number of hydrogen-bond donors (Lipinski definition) is 3. The van der Waals surface area contributed by atoms with Gasteiger partial charge in [-0.05, 0) is 29.3 Å². The second-order valence-corrected chi connectivity index (χ2v) is 7.18. The SMILES string of the molecule is O=C(N[C@H](Cc1c[nH]c2ccccc12)C(=O)Nc1ccccc1)OCc1ccccc1. The molecular formula is C25H23N3O3. The van der Waals surface area contributed by atoms with Crippen LogP contribution < -0.4 is 10.6 Å². The van der Waals surface area contributed by atoms with Gasteiger partial charge in [-0.2, -0.15) is 0 Å². The minimum Gasteiger partial charge on any atom is -0.445 e. The number of nitrogens with one attached hydrogen (secondary N) is 3. The molecule has 6 heteroatoms. The van der Waals surface area contributed by atoms with E-state index in [0.29, 0.717) is 12.1 Å². The third-order valence-electron chi connectivity index (χ3n) is 4.96. The van der Waals surface area contributed by atoms with Gasteiger partial charge in [0.1, 0.15) is 12.6 Å². The van der Waals surface area contributed by atoms with E-state index < -0.39 is 12.1 Å². The number of ether oxygens (including phenoxy) is 1. The van der Waals surface area contributed by atoms with Crippen LogP contribution in [0.2, 0.25) is 0 Å². The lowest BCUT2D eigenvalue weighted by molar-refractivity contribution is -0.118. The minimum absolute atomic E-state index is 0.132. The van der Waals surface area contributed by atoms with Crippen LogP contribution in [0.4, 0.5) is 10.5 Å². The lowest BCUT2D eigenvalue weighted by Gasteiger charge is -2.18. The number of rotatable bonds is 7. The monoisotopic (exact) mass is 413 g/mol. The highest BCUT2D eigenvalue weighted by Crippen LogP contribution is 2.20. The van der Waals surface area contributed by atoms with Gasteiger partial charge in [0.2, 0.25) is 5.91 Å². The maximum atomic E-state index is 13.0. The van der Waals surface area contributed by atoms with Crippen LogP contribution in [0.5, 0.6) is 0 Å². The molecule has 6 nitrogen and oxygen atoms in total. The molecule has 1 heterocycles. The van der Waals surface area contributed by atoms with Gasteiger partial charge in [-0.25, -0.2) is 4.79 Å². The Hall–Kier alpha value is -4.06. The normalized spacial score (nSPS) is 11.6. The smallest absolute Gasteiger partial charge is 0.408 e. The summed E-state index contributed by atoms with van der Waals surface area (Å²) in [7, 11) is 0. The standard InChI is InChI=1S/C25H23N3O3/c29-24(27-20-11-5-2-6-12-20)23(15-19-16-26-22-14-8-7-13-21(19)22)28-25(30)31-17-18-9-3-1-4-10-18/h1-14,16,23,26H,15,17H2,(H,27,29)(H,28,30)/t23-/m1/s1. The Morgan fingerprint density at radius 1 is 0.871 bits per heavy atom. The second kappa shape index (κ2) is 9.63. The van der Waals surface area contributed by atoms with Crippen molar-refractivity contribution in [3.05, 3.63) is 102 Å². The molecule has 3 N–H and O–H groups in total. The zero-order valence-corrected chi connectivity index (χ0v) is 16.9. The van der Waals surface area contributed by atoms with Crippen molar-refractivity contribution in [1.29, 1.82) is 0 Å². The van der Waals surface area contributed by atoms with Crippen molar-refractivity contribution >= 4 is 28.6 Å². The van der Waals surface area contributed by atoms with Crippen molar-refractivity contribution in [2.75, 3.05) is 5.32 Å². The van der Waals surface area contributed by atoms with Crippen LogP contribution in [-0.4, -0.2) is 23.0 Å². The molecule has 1 aromatic heterocycles. The Kier molecular flexibility index (Phi) is 6.28. The molecule has 2 amide bonds. The average Bonchev–Trinajstić information content (AvgIpc) is 3.21. The van der Waals surface area contributed by atoms with Crippen LogP contribution in [-0.2, 0) is 22.6 Å². The molecule has 3 aromatic carbocycles. The van der Waals surface area contributed by atoms with Gasteiger partial charge >= 0.3 is 6.09 Å². The molecule has 0 spiro atoms. The number of carbonyl (C=O) groups is 2. The maximum Gasteiger partial charge on any atom is 0.408 e. The molecule has 156 valence electrons. The molecule has 0 aliphatic rings. The molecule has 0 fully saturated rings. The van der Waals surface area contributed by atoms with Crippen molar-refractivity contribution in [3.8, 4) is 0 Å². The van der Waals surface area contributed by atoms with Crippen LogP contribution in [0.3, 0.4) is 0 Å². The van der Waals surface area contributed by atoms with Gasteiger partial charge in [0.15, 0.2) is 0 Å². The molecule has 1 atom stereocenters. The van der Waals surface area contributed by atoms with Crippen molar-refractivity contribution in [2.45, 2.75) is 19.1 Å². The molecule has 0 unspecified atom stereocenters. The van der Waals surface area contributed by atoms with Crippen molar-refractivity contribution in [3.63, 3.8) is 0 Å². The quantitative estimate of drug-likeness (QED) is 0.413. The maximum absolute atomic E-state index is 13.0. The van der Waals surface area contributed by atoms with Gasteiger partial charge in [0.25, 0.3) is 0 Å². The van der Waals surface area contributed by atoms with Crippen LogP contribution >= 0.6 is 0 Å². The third-order valence-corrected chi connectivity index (χ3v) is 4.96. The lowest BCUT2D eigenvalue weighted by atomic mass is 10.0. The number of H-pyrrole nitrogens is 1. The predicted octanol–water partition coefficient (Wildman–Crippen LogP) is 4.64. The van der Waals surface area contributed by atoms with E-state index in [9.17, 15) is 9.59 Å². The highest BCUT2D eigenvalue weighted by Gasteiger charge is 2.23. The molecular weight excluding hydrogens is 390 g/mol. The summed E-state index contributed by atoms with van der Waals surface area (Å²) in [6, 6.07) is 25.6. The molecule has 0 radical (unpaired) electrons. The molecule has 0 aliphatic carbocycles. The summed E-state index contributed by atoms with van der Waals surface area (Å²) in [4.78, 5) is 28.7. The molecule has 4 aromatic rings. The van der Waals surface area contributed by atoms with Gasteiger partial charge in [-0.1, -0.05) is 66.7 Å². The highest BCUT2D eigenvalue weighted by atomic mass is 16.5. The van der Waals surface area contributed by atoms with Crippen molar-refractivity contribution < 1.29 is 14.3 Å². The second-order valence-electron chi connectivity index (χ2n) is 7.18. The Balaban J connectivity index is 1.48. The first-order chi connectivity index (χ1) is 15.2. The fraction of sp³-hybridized carbons (Fsp3) is 0.120. The molecule has 0 saturated heterocycles. The number of alkyl carbamates (subject to hydrolysis) is 1. The van der Waals surface area contributed by atoms with Crippen molar-refractivity contribution in [1.82, 2.24) is 10.3 Å². The first kappa shape index (κ1) is 20.2. The van der Waals surface area contributed by atoms with Crippen LogP contribution in [0.1, 0.15) is 11.1 Å². The first-order valence-corrected chi connectivity index (χ1v) is 10.1. The number of fused-ring (bicyclic) bond motifs is 1. The van der Waals surface area contributed by atoms with E-state index in [4.69, 9.17) is 4.74 Å². The van der Waals surface area contributed by atoms with E-state index in [2.05, 4.69) is 15.6 Å². The molecule has 31 heavy (non-hydrogen) atoms. The Morgan fingerprint density at radius 3 is 2.32 bits per heavy atom. The van der Waals surface area contributed by atoms with Crippen LogP contribution in [0.15, 0.2) is 91.1 Å². The summed E-state index contributed by atoms with van der Waals surface area (Å²) in [5.74, 6) is -0.312. The number of aromatic amines is 1. The topological polar surface area (TPSA) is 83.2 Å². The summed E-state index contributed by atoms with van der Waals surface area (Å²) in [5, 5.41) is 6.60. The van der Waals surface area contributed by atoms with E-state index in [0.717, 1.165) is 22.0 Å². The molecule has 0 saturated carbocycles. The lowest BCUT2D eigenvalue weighted by Crippen LogP contribution is -2.45. The van der Waals surface area contributed by atoms with E-state index in [-0.39, 0.29) is 12.5 Å². The van der Waals surface area contributed by atoms with Gasteiger partial charge in [0, 0.05) is 29.2 Å². The zero-order chi connectivity index (χ0) is 21.5. The summed E-state index contributed by atoms with van der Waals surface area (Å²) < 4.78 is 5.33. The molecule has 0 aliphatic heterocycles. The third kappa shape index (κ3) is 5.30. The summed E-state index contributed by atoms with van der Waals surface area (Å²) in [5.41, 5.74) is 3.45. The van der Waals surface area contributed by atoms with E-state index >= 15 is 0 Å². The summed E-state index contributed by atoms with van der Waals surface area (Å²) >= 11 is 0. The van der Waals surface area contributed by atoms with Crippen LogP contribution in [0, 0.1) is 0 Å². The summed E-state index contributed by atoms with van der Waals surface area (Å²) in [6.45, 7) is 0.132. The predicted molar refractivity (Wildman–Crippen MR) is 121 cm³/mol. The number of para-hydroxylation sites is 2. The van der Waals surface area contributed by atoms with Crippen LogP contribution in [0.25, 0.3) is 10.9 Å². The van der Waals surface area contributed by atoms with Gasteiger partial charge in [-0.3, -0.25) is 4.79 Å². The Labute approximate surface area is 180 Å². The number of anilines is 1. The number of carbonyl (C=O) groups excluding carboxylic acids is 2. The first-order valence-electron chi connectivity index (χ1n) is 10.1. The average molecular weight is 413 g/mol. The Bertz CT molecular complexity index is 1160. The van der Waals surface area contributed by atoms with Gasteiger partial charge in [-0.15, -0.1) is 0 Å². The largest absolute Gasteiger partial charge is 0.445 e. The highest BCUT2D eigenvalue weighted by molar-refractivity contribution is 5.97. The summed E-state index contributed by atoms with van der Waals surface area (Å²) in [6.07, 6.45) is 1.55. The molecule has 4 rings (SSSR count). The number of aromatic nitrogens is 1. The Morgan fingerprint density at radius 2 is 1.55 bits per heavy atom. The van der Waals surface area contributed by atoms with E-state index in [1.54, 1.807) is 12.1 Å².